The van der Waals surface area contributed by atoms with Gasteiger partial charge in [-0.05, 0) is 18.2 Å². The van der Waals surface area contributed by atoms with E-state index >= 15 is 0 Å². The monoisotopic (exact) mass is 328 g/mol. The Morgan fingerprint density at radius 2 is 1.81 bits per heavy atom. The molecule has 2 rings (SSSR count). The third-order valence-electron chi connectivity index (χ3n) is 2.71. The molecule has 0 bridgehead atoms. The standard InChI is InChI=1S/C10H12ClFN2.C2HF3O2/c11-9-7-8(1-2-10(9)12)14-5-3-13-4-6-14;3-2(4,5)1(6)7/h1-2,7,13H,3-6H2;(H,6,7). The molecule has 1 aromatic carbocycles. The summed E-state index contributed by atoms with van der Waals surface area (Å²) in [6.45, 7) is 4.19. The van der Waals surface area contributed by atoms with E-state index in [4.69, 9.17) is 21.5 Å². The molecule has 118 valence electrons. The predicted octanol–water partition coefficient (Wildman–Crippen LogP) is 0.161. The van der Waals surface area contributed by atoms with Gasteiger partial charge in [0.05, 0.1) is 31.2 Å². The average Bonchev–Trinajstić information content (AvgIpc) is 2.42. The summed E-state index contributed by atoms with van der Waals surface area (Å²) in [6, 6.07) is 4.91. The van der Waals surface area contributed by atoms with Crippen LogP contribution < -0.4 is 15.3 Å². The number of hydrogen-bond acceptors (Lipinski definition) is 3. The number of carbonyl (C=O) groups excluding carboxylic acids is 1. The van der Waals surface area contributed by atoms with Crippen molar-refractivity contribution in [2.24, 2.45) is 0 Å². The molecule has 1 saturated heterocycles. The molecule has 1 aliphatic rings. The van der Waals surface area contributed by atoms with E-state index < -0.39 is 12.1 Å². The molecule has 0 saturated carbocycles. The first-order chi connectivity index (χ1) is 9.71. The lowest BCUT2D eigenvalue weighted by Gasteiger charge is -2.27. The molecule has 1 aromatic rings. The molecule has 1 aliphatic heterocycles. The Labute approximate surface area is 123 Å². The minimum atomic E-state index is -5.19. The minimum absolute atomic E-state index is 0.206. The number of benzene rings is 1. The average molecular weight is 329 g/mol. The molecule has 1 fully saturated rings. The first-order valence-electron chi connectivity index (χ1n) is 6.01. The Bertz CT molecular complexity index is 491. The molecule has 0 amide bonds. The zero-order valence-corrected chi connectivity index (χ0v) is 11.5. The molecule has 0 aliphatic carbocycles. The summed E-state index contributed by atoms with van der Waals surface area (Å²) in [4.78, 5) is 11.0. The van der Waals surface area contributed by atoms with Crippen molar-refractivity contribution in [3.63, 3.8) is 0 Å². The van der Waals surface area contributed by atoms with E-state index in [0.29, 0.717) is 0 Å². The van der Waals surface area contributed by atoms with Crippen LogP contribution in [0.5, 0.6) is 0 Å². The highest BCUT2D eigenvalue weighted by Crippen LogP contribution is 2.22. The summed E-state index contributed by atoms with van der Waals surface area (Å²) in [6.07, 6.45) is -5.19. The quantitative estimate of drug-likeness (QED) is 0.747. The molecule has 0 unspecified atom stereocenters. The van der Waals surface area contributed by atoms with E-state index in [0.717, 1.165) is 31.9 Å². The van der Waals surface area contributed by atoms with Crippen molar-refractivity contribution in [1.29, 1.82) is 0 Å². The maximum absolute atomic E-state index is 12.9. The van der Waals surface area contributed by atoms with Crippen molar-refractivity contribution >= 4 is 23.3 Å². The number of alkyl halides is 3. The van der Waals surface area contributed by atoms with Gasteiger partial charge in [0, 0.05) is 5.69 Å². The molecule has 0 spiro atoms. The zero-order valence-electron chi connectivity index (χ0n) is 10.8. The largest absolute Gasteiger partial charge is 0.542 e. The molecule has 2 N–H and O–H groups in total. The number of anilines is 1. The number of carboxylic acid groups (broad SMARTS) is 1. The Morgan fingerprint density at radius 1 is 1.29 bits per heavy atom. The van der Waals surface area contributed by atoms with Gasteiger partial charge in [0.1, 0.15) is 11.8 Å². The number of nitrogens with zero attached hydrogens (tertiary/aromatic N) is 1. The van der Waals surface area contributed by atoms with Crippen molar-refractivity contribution in [3.05, 3.63) is 29.0 Å². The smallest absolute Gasteiger partial charge is 0.430 e. The lowest BCUT2D eigenvalue weighted by molar-refractivity contribution is -0.655. The number of halogens is 5. The molecule has 0 radical (unpaired) electrons. The fourth-order valence-electron chi connectivity index (χ4n) is 1.69. The normalized spacial score (nSPS) is 15.2. The summed E-state index contributed by atoms with van der Waals surface area (Å²) in [5.74, 6) is -3.36. The second-order valence-corrected chi connectivity index (χ2v) is 4.64. The fraction of sp³-hybridized carbons (Fsp3) is 0.417. The van der Waals surface area contributed by atoms with Crippen LogP contribution in [0.2, 0.25) is 5.02 Å². The molecule has 9 heteroatoms. The first kappa shape index (κ1) is 17.5. The fourth-order valence-corrected chi connectivity index (χ4v) is 1.87. The molecular weight excluding hydrogens is 316 g/mol. The first-order valence-corrected chi connectivity index (χ1v) is 6.39. The number of aliphatic carboxylic acids is 1. The van der Waals surface area contributed by atoms with Gasteiger partial charge in [-0.25, -0.2) is 4.39 Å². The molecular formula is C12H13ClF4N2O2. The summed E-state index contributed by atoms with van der Waals surface area (Å²) in [5, 5.41) is 11.3. The molecule has 1 heterocycles. The highest BCUT2D eigenvalue weighted by atomic mass is 35.5. The highest BCUT2D eigenvalue weighted by molar-refractivity contribution is 6.31. The molecule has 0 aromatic heterocycles. The molecule has 0 atom stereocenters. The van der Waals surface area contributed by atoms with Crippen LogP contribution in [0.1, 0.15) is 0 Å². The van der Waals surface area contributed by atoms with Crippen LogP contribution in [-0.2, 0) is 4.79 Å². The zero-order chi connectivity index (χ0) is 16.0. The van der Waals surface area contributed by atoms with Crippen LogP contribution in [-0.4, -0.2) is 38.3 Å². The summed E-state index contributed by atoms with van der Waals surface area (Å²) < 4.78 is 44.5. The predicted molar refractivity (Wildman–Crippen MR) is 66.3 cm³/mol. The Hall–Kier alpha value is -1.54. The number of nitrogens with two attached hydrogens (primary N) is 1. The van der Waals surface area contributed by atoms with Gasteiger partial charge in [-0.15, -0.1) is 0 Å². The Balaban J connectivity index is 0.000000270. The van der Waals surface area contributed by atoms with E-state index in [-0.39, 0.29) is 10.8 Å². The highest BCUT2D eigenvalue weighted by Gasteiger charge is 2.28. The lowest BCUT2D eigenvalue weighted by atomic mass is 10.2. The maximum atomic E-state index is 12.9. The van der Waals surface area contributed by atoms with Gasteiger partial charge < -0.3 is 20.1 Å². The van der Waals surface area contributed by atoms with Crippen LogP contribution >= 0.6 is 11.6 Å². The third-order valence-corrected chi connectivity index (χ3v) is 3.00. The summed E-state index contributed by atoms with van der Waals surface area (Å²) in [5.41, 5.74) is 1.02. The number of piperazine rings is 1. The Morgan fingerprint density at radius 3 is 2.24 bits per heavy atom. The van der Waals surface area contributed by atoms with E-state index in [2.05, 4.69) is 10.2 Å². The number of carbonyl (C=O) groups is 1. The van der Waals surface area contributed by atoms with Crippen molar-refractivity contribution < 1.29 is 32.8 Å². The van der Waals surface area contributed by atoms with Gasteiger partial charge >= 0.3 is 6.18 Å². The molecule has 21 heavy (non-hydrogen) atoms. The number of carboxylic acids is 1. The van der Waals surface area contributed by atoms with E-state index in [1.807, 2.05) is 0 Å². The minimum Gasteiger partial charge on any atom is -0.542 e. The number of hydrogen-bond donors (Lipinski definition) is 1. The Kier molecular flexibility index (Phi) is 6.22. The van der Waals surface area contributed by atoms with Crippen molar-refractivity contribution in [3.8, 4) is 0 Å². The third kappa shape index (κ3) is 5.76. The van der Waals surface area contributed by atoms with Gasteiger partial charge in [0.15, 0.2) is 0 Å². The van der Waals surface area contributed by atoms with Gasteiger partial charge in [-0.3, -0.25) is 0 Å². The van der Waals surface area contributed by atoms with Crippen molar-refractivity contribution in [1.82, 2.24) is 0 Å². The van der Waals surface area contributed by atoms with Crippen LogP contribution in [0, 0.1) is 5.82 Å². The van der Waals surface area contributed by atoms with Crippen molar-refractivity contribution in [2.75, 3.05) is 31.1 Å². The topological polar surface area (TPSA) is 60.0 Å². The maximum Gasteiger partial charge on any atom is 0.430 e. The van der Waals surface area contributed by atoms with Gasteiger partial charge in [-0.1, -0.05) is 11.6 Å². The molecule has 4 nitrogen and oxygen atoms in total. The van der Waals surface area contributed by atoms with Crippen LogP contribution in [0.15, 0.2) is 18.2 Å². The lowest BCUT2D eigenvalue weighted by Crippen LogP contribution is -2.89. The second-order valence-electron chi connectivity index (χ2n) is 4.24. The second kappa shape index (κ2) is 7.46. The SMILES string of the molecule is Fc1ccc(N2CC[NH2+]CC2)cc1Cl.O=C([O-])C(F)(F)F. The number of rotatable bonds is 1. The van der Waals surface area contributed by atoms with Gasteiger partial charge in [0.25, 0.3) is 0 Å². The van der Waals surface area contributed by atoms with Crippen molar-refractivity contribution in [2.45, 2.75) is 6.18 Å². The number of quaternary nitrogens is 1. The summed E-state index contributed by atoms with van der Waals surface area (Å²) >= 11 is 5.72. The van der Waals surface area contributed by atoms with E-state index in [9.17, 15) is 17.6 Å². The van der Waals surface area contributed by atoms with E-state index in [1.54, 1.807) is 12.1 Å². The van der Waals surface area contributed by atoms with E-state index in [1.165, 1.54) is 6.07 Å². The van der Waals surface area contributed by atoms with Crippen LogP contribution in [0.3, 0.4) is 0 Å². The van der Waals surface area contributed by atoms with Gasteiger partial charge in [0.2, 0.25) is 0 Å². The van der Waals surface area contributed by atoms with Crippen LogP contribution in [0.4, 0.5) is 23.2 Å². The van der Waals surface area contributed by atoms with Gasteiger partial charge in [-0.2, -0.15) is 13.2 Å². The summed E-state index contributed by atoms with van der Waals surface area (Å²) in [7, 11) is 0. The van der Waals surface area contributed by atoms with Crippen LogP contribution in [0.25, 0.3) is 0 Å².